The molecule has 1 saturated heterocycles. The van der Waals surface area contributed by atoms with Crippen LogP contribution in [0.5, 0.6) is 0 Å². The smallest absolute Gasteiger partial charge is 0.136 e. The summed E-state index contributed by atoms with van der Waals surface area (Å²) >= 11 is 0. The summed E-state index contributed by atoms with van der Waals surface area (Å²) in [5.74, 6) is 0.325. The number of Topliss-reactive ketones (excluding diaryl/α,β-unsaturated/α-hetero) is 1. The minimum absolute atomic E-state index is 0.180. The Morgan fingerprint density at radius 3 is 2.75 bits per heavy atom. The van der Waals surface area contributed by atoms with Crippen molar-refractivity contribution in [3.63, 3.8) is 0 Å². The Morgan fingerprint density at radius 2 is 2.00 bits per heavy atom. The molecule has 1 fully saturated rings. The van der Waals surface area contributed by atoms with Gasteiger partial charge in [0.1, 0.15) is 5.78 Å². The molecule has 0 saturated carbocycles. The van der Waals surface area contributed by atoms with Crippen LogP contribution in [-0.4, -0.2) is 17.0 Å². The van der Waals surface area contributed by atoms with Crippen molar-refractivity contribution >= 4 is 5.78 Å². The highest BCUT2D eigenvalue weighted by atomic mass is 16.5. The van der Waals surface area contributed by atoms with Gasteiger partial charge in [-0.05, 0) is 20.3 Å². The summed E-state index contributed by atoms with van der Waals surface area (Å²) in [5, 5.41) is 0. The topological polar surface area (TPSA) is 26.3 Å². The maximum Gasteiger partial charge on any atom is 0.136 e. The molecule has 0 unspecified atom stereocenters. The molecule has 12 heavy (non-hydrogen) atoms. The quantitative estimate of drug-likeness (QED) is 0.513. The second kappa shape index (κ2) is 2.19. The standard InChI is InChI=1S/C10H14O2/c1-9-4-3-8(11)7-10(2,12-9)6-5-9/h5-6H,3-4,7H2,1-2H3/t9-,10-/m1/s1. The van der Waals surface area contributed by atoms with Crippen molar-refractivity contribution in [2.24, 2.45) is 0 Å². The van der Waals surface area contributed by atoms with Gasteiger partial charge >= 0.3 is 0 Å². The SMILES string of the molecule is C[C@]12C=C[C@](C)(CC(=O)CC1)O2. The van der Waals surface area contributed by atoms with Gasteiger partial charge in [-0.25, -0.2) is 0 Å². The lowest BCUT2D eigenvalue weighted by Gasteiger charge is -2.26. The first kappa shape index (κ1) is 7.99. The fourth-order valence-electron chi connectivity index (χ4n) is 2.05. The summed E-state index contributed by atoms with van der Waals surface area (Å²) in [4.78, 5) is 11.3. The van der Waals surface area contributed by atoms with E-state index in [0.717, 1.165) is 6.42 Å². The van der Waals surface area contributed by atoms with Gasteiger partial charge in [0.15, 0.2) is 0 Å². The molecule has 0 spiro atoms. The maximum absolute atomic E-state index is 11.3. The largest absolute Gasteiger partial charge is 0.361 e. The van der Waals surface area contributed by atoms with E-state index in [0.29, 0.717) is 18.6 Å². The predicted molar refractivity (Wildman–Crippen MR) is 45.9 cm³/mol. The fraction of sp³-hybridized carbons (Fsp3) is 0.700. The highest BCUT2D eigenvalue weighted by Crippen LogP contribution is 2.39. The summed E-state index contributed by atoms with van der Waals surface area (Å²) in [6.45, 7) is 4.03. The van der Waals surface area contributed by atoms with Crippen LogP contribution in [0.1, 0.15) is 33.1 Å². The van der Waals surface area contributed by atoms with Crippen molar-refractivity contribution in [1.29, 1.82) is 0 Å². The van der Waals surface area contributed by atoms with E-state index in [-0.39, 0.29) is 11.2 Å². The van der Waals surface area contributed by atoms with Crippen LogP contribution < -0.4 is 0 Å². The number of rotatable bonds is 0. The zero-order chi connectivity index (χ0) is 8.82. The van der Waals surface area contributed by atoms with Crippen LogP contribution in [0.3, 0.4) is 0 Å². The van der Waals surface area contributed by atoms with Gasteiger partial charge in [0, 0.05) is 12.8 Å². The number of hydrogen-bond donors (Lipinski definition) is 0. The van der Waals surface area contributed by atoms with Crippen LogP contribution in [0.25, 0.3) is 0 Å². The van der Waals surface area contributed by atoms with Crippen molar-refractivity contribution in [2.45, 2.75) is 44.3 Å². The lowest BCUT2D eigenvalue weighted by atomic mass is 9.92. The molecule has 66 valence electrons. The molecular formula is C10H14O2. The average molecular weight is 166 g/mol. The molecule has 2 atom stereocenters. The third-order valence-electron chi connectivity index (χ3n) is 2.70. The zero-order valence-corrected chi connectivity index (χ0v) is 7.59. The highest BCUT2D eigenvalue weighted by Gasteiger charge is 2.42. The van der Waals surface area contributed by atoms with E-state index in [2.05, 4.69) is 6.08 Å². The number of hydrogen-bond acceptors (Lipinski definition) is 2. The van der Waals surface area contributed by atoms with Crippen LogP contribution in [0, 0.1) is 0 Å². The lowest BCUT2D eigenvalue weighted by Crippen LogP contribution is -2.30. The number of carbonyl (C=O) groups excluding carboxylic acids is 1. The Kier molecular flexibility index (Phi) is 1.46. The van der Waals surface area contributed by atoms with Gasteiger partial charge in [-0.1, -0.05) is 12.2 Å². The van der Waals surface area contributed by atoms with Gasteiger partial charge in [-0.2, -0.15) is 0 Å². The summed E-state index contributed by atoms with van der Waals surface area (Å²) in [7, 11) is 0. The van der Waals surface area contributed by atoms with Crippen molar-refractivity contribution < 1.29 is 9.53 Å². The molecule has 2 nitrogen and oxygen atoms in total. The molecule has 0 amide bonds. The van der Waals surface area contributed by atoms with Gasteiger partial charge in [0.2, 0.25) is 0 Å². The van der Waals surface area contributed by atoms with Crippen molar-refractivity contribution in [3.8, 4) is 0 Å². The Morgan fingerprint density at radius 1 is 1.33 bits per heavy atom. The molecule has 0 N–H and O–H groups in total. The molecular weight excluding hydrogens is 152 g/mol. The van der Waals surface area contributed by atoms with Gasteiger partial charge in [-0.15, -0.1) is 0 Å². The molecule has 2 heterocycles. The number of fused-ring (bicyclic) bond motifs is 2. The van der Waals surface area contributed by atoms with Crippen molar-refractivity contribution in [2.75, 3.05) is 0 Å². The Balaban J connectivity index is 2.31. The molecule has 2 heteroatoms. The third-order valence-corrected chi connectivity index (χ3v) is 2.70. The van der Waals surface area contributed by atoms with Crippen LogP contribution in [-0.2, 0) is 9.53 Å². The average Bonchev–Trinajstić information content (AvgIpc) is 2.18. The molecule has 2 aliphatic heterocycles. The van der Waals surface area contributed by atoms with Gasteiger partial charge in [0.25, 0.3) is 0 Å². The minimum Gasteiger partial charge on any atom is -0.361 e. The Hall–Kier alpha value is -0.630. The summed E-state index contributed by atoms with van der Waals surface area (Å²) in [6, 6.07) is 0. The van der Waals surface area contributed by atoms with Crippen LogP contribution >= 0.6 is 0 Å². The first-order chi connectivity index (χ1) is 5.52. The van der Waals surface area contributed by atoms with Crippen LogP contribution in [0.15, 0.2) is 12.2 Å². The van der Waals surface area contributed by atoms with E-state index in [1.165, 1.54) is 0 Å². The van der Waals surface area contributed by atoms with Gasteiger partial charge < -0.3 is 4.74 Å². The molecule has 2 aliphatic rings. The molecule has 0 aromatic heterocycles. The Bertz CT molecular complexity index is 257. The zero-order valence-electron chi connectivity index (χ0n) is 7.59. The highest BCUT2D eigenvalue weighted by molar-refractivity contribution is 5.80. The lowest BCUT2D eigenvalue weighted by molar-refractivity contribution is -0.121. The van der Waals surface area contributed by atoms with E-state index >= 15 is 0 Å². The fourth-order valence-corrected chi connectivity index (χ4v) is 2.05. The molecule has 0 radical (unpaired) electrons. The second-order valence-corrected chi connectivity index (χ2v) is 4.28. The molecule has 0 aromatic rings. The van der Waals surface area contributed by atoms with Crippen molar-refractivity contribution in [1.82, 2.24) is 0 Å². The third kappa shape index (κ3) is 1.20. The Labute approximate surface area is 72.6 Å². The first-order valence-electron chi connectivity index (χ1n) is 4.44. The summed E-state index contributed by atoms with van der Waals surface area (Å²) in [6.07, 6.45) is 6.16. The number of ether oxygens (including phenoxy) is 1. The van der Waals surface area contributed by atoms with E-state index in [1.54, 1.807) is 0 Å². The summed E-state index contributed by atoms with van der Waals surface area (Å²) in [5.41, 5.74) is -0.497. The molecule has 0 aromatic carbocycles. The maximum atomic E-state index is 11.3. The van der Waals surface area contributed by atoms with Crippen LogP contribution in [0.2, 0.25) is 0 Å². The predicted octanol–water partition coefficient (Wildman–Crippen LogP) is 1.84. The summed E-state index contributed by atoms with van der Waals surface area (Å²) < 4.78 is 5.84. The van der Waals surface area contributed by atoms with Crippen molar-refractivity contribution in [3.05, 3.63) is 12.2 Å². The van der Waals surface area contributed by atoms with Crippen LogP contribution in [0.4, 0.5) is 0 Å². The monoisotopic (exact) mass is 166 g/mol. The van der Waals surface area contributed by atoms with E-state index < -0.39 is 0 Å². The van der Waals surface area contributed by atoms with E-state index in [1.807, 2.05) is 19.9 Å². The number of carbonyl (C=O) groups is 1. The first-order valence-corrected chi connectivity index (χ1v) is 4.44. The number of ketones is 1. The van der Waals surface area contributed by atoms with E-state index in [9.17, 15) is 4.79 Å². The molecule has 2 bridgehead atoms. The normalized spacial score (nSPS) is 46.3. The minimum atomic E-state index is -0.317. The van der Waals surface area contributed by atoms with Gasteiger partial charge in [0.05, 0.1) is 11.2 Å². The molecule has 2 rings (SSSR count). The van der Waals surface area contributed by atoms with Gasteiger partial charge in [-0.3, -0.25) is 4.79 Å². The molecule has 0 aliphatic carbocycles. The second-order valence-electron chi connectivity index (χ2n) is 4.28. The van der Waals surface area contributed by atoms with E-state index in [4.69, 9.17) is 4.74 Å².